The fourth-order valence-corrected chi connectivity index (χ4v) is 1.61. The van der Waals surface area contributed by atoms with Crippen molar-refractivity contribution in [3.05, 3.63) is 47.7 Å². The second-order valence-corrected chi connectivity index (χ2v) is 3.88. The summed E-state index contributed by atoms with van der Waals surface area (Å²) in [7, 11) is 1.52. The van der Waals surface area contributed by atoms with E-state index in [1.54, 1.807) is 12.3 Å². The summed E-state index contributed by atoms with van der Waals surface area (Å²) in [6.07, 6.45) is 2.03. The van der Waals surface area contributed by atoms with Crippen LogP contribution in [0.15, 0.2) is 30.5 Å². The summed E-state index contributed by atoms with van der Waals surface area (Å²) < 4.78 is 30.9. The van der Waals surface area contributed by atoms with Crippen molar-refractivity contribution in [3.8, 4) is 5.88 Å². The van der Waals surface area contributed by atoms with Gasteiger partial charge < -0.3 is 10.1 Å². The molecule has 0 bridgehead atoms. The normalized spacial score (nSPS) is 10.3. The molecule has 0 saturated heterocycles. The van der Waals surface area contributed by atoms with Crippen molar-refractivity contribution in [1.82, 2.24) is 9.97 Å². The summed E-state index contributed by atoms with van der Waals surface area (Å²) >= 11 is 0. The molecule has 4 nitrogen and oxygen atoms in total. The number of benzene rings is 1. The summed E-state index contributed by atoms with van der Waals surface area (Å²) in [5.41, 5.74) is 0.577. The SMILES string of the molecule is COc1ccnc(NCCc2cc(F)cc(F)c2)n1. The number of hydrogen-bond donors (Lipinski definition) is 1. The number of nitrogens with zero attached hydrogens (tertiary/aromatic N) is 2. The van der Waals surface area contributed by atoms with Crippen LogP contribution in [0, 0.1) is 11.6 Å². The Morgan fingerprint density at radius 2 is 1.95 bits per heavy atom. The monoisotopic (exact) mass is 265 g/mol. The molecular formula is C13H13F2N3O. The first-order valence-electron chi connectivity index (χ1n) is 5.73. The fourth-order valence-electron chi connectivity index (χ4n) is 1.61. The zero-order chi connectivity index (χ0) is 13.7. The fraction of sp³-hybridized carbons (Fsp3) is 0.231. The first-order valence-corrected chi connectivity index (χ1v) is 5.73. The highest BCUT2D eigenvalue weighted by atomic mass is 19.1. The summed E-state index contributed by atoms with van der Waals surface area (Å²) in [5, 5.41) is 2.96. The maximum Gasteiger partial charge on any atom is 0.225 e. The molecule has 0 aliphatic rings. The van der Waals surface area contributed by atoms with Gasteiger partial charge in [0.25, 0.3) is 0 Å². The molecule has 6 heteroatoms. The molecule has 100 valence electrons. The van der Waals surface area contributed by atoms with E-state index in [9.17, 15) is 8.78 Å². The minimum absolute atomic E-state index is 0.413. The van der Waals surface area contributed by atoms with Crippen molar-refractivity contribution in [2.45, 2.75) is 6.42 Å². The van der Waals surface area contributed by atoms with E-state index in [0.717, 1.165) is 6.07 Å². The van der Waals surface area contributed by atoms with Gasteiger partial charge >= 0.3 is 0 Å². The largest absolute Gasteiger partial charge is 0.481 e. The molecule has 0 spiro atoms. The molecule has 0 aliphatic heterocycles. The van der Waals surface area contributed by atoms with Crippen LogP contribution in [0.25, 0.3) is 0 Å². The molecule has 0 unspecified atom stereocenters. The van der Waals surface area contributed by atoms with Gasteiger partial charge in [-0.3, -0.25) is 0 Å². The third-order valence-corrected chi connectivity index (χ3v) is 2.46. The first kappa shape index (κ1) is 13.2. The molecule has 1 aromatic heterocycles. The molecular weight excluding hydrogens is 252 g/mol. The maximum absolute atomic E-state index is 13.0. The van der Waals surface area contributed by atoms with Crippen LogP contribution in [-0.4, -0.2) is 23.6 Å². The van der Waals surface area contributed by atoms with Gasteiger partial charge in [0, 0.05) is 24.9 Å². The van der Waals surface area contributed by atoms with Gasteiger partial charge in [-0.2, -0.15) is 4.98 Å². The van der Waals surface area contributed by atoms with Crippen molar-refractivity contribution >= 4 is 5.95 Å². The van der Waals surface area contributed by atoms with Crippen molar-refractivity contribution in [2.75, 3.05) is 19.0 Å². The lowest BCUT2D eigenvalue weighted by Gasteiger charge is -2.06. The van der Waals surface area contributed by atoms with Gasteiger partial charge in [0.1, 0.15) is 11.6 Å². The smallest absolute Gasteiger partial charge is 0.225 e. The third-order valence-electron chi connectivity index (χ3n) is 2.46. The van der Waals surface area contributed by atoms with E-state index < -0.39 is 11.6 Å². The average molecular weight is 265 g/mol. The number of aromatic nitrogens is 2. The van der Waals surface area contributed by atoms with E-state index in [1.165, 1.54) is 19.2 Å². The minimum Gasteiger partial charge on any atom is -0.481 e. The van der Waals surface area contributed by atoms with Crippen molar-refractivity contribution in [1.29, 1.82) is 0 Å². The third kappa shape index (κ3) is 3.87. The lowest BCUT2D eigenvalue weighted by molar-refractivity contribution is 0.397. The summed E-state index contributed by atoms with van der Waals surface area (Å²) in [5.74, 6) is -0.286. The Balaban J connectivity index is 1.92. The summed E-state index contributed by atoms with van der Waals surface area (Å²) in [6.45, 7) is 0.468. The highest BCUT2D eigenvalue weighted by Crippen LogP contribution is 2.10. The van der Waals surface area contributed by atoms with Gasteiger partial charge in [-0.15, -0.1) is 0 Å². The van der Waals surface area contributed by atoms with E-state index in [1.807, 2.05) is 0 Å². The number of anilines is 1. The minimum atomic E-state index is -0.576. The zero-order valence-corrected chi connectivity index (χ0v) is 10.4. The van der Waals surface area contributed by atoms with E-state index in [0.29, 0.717) is 30.4 Å². The van der Waals surface area contributed by atoms with Gasteiger partial charge in [-0.25, -0.2) is 13.8 Å². The lowest BCUT2D eigenvalue weighted by atomic mass is 10.1. The highest BCUT2D eigenvalue weighted by molar-refractivity contribution is 5.28. The lowest BCUT2D eigenvalue weighted by Crippen LogP contribution is -2.08. The van der Waals surface area contributed by atoms with Crippen molar-refractivity contribution < 1.29 is 13.5 Å². The first-order chi connectivity index (χ1) is 9.17. The Labute approximate surface area is 109 Å². The summed E-state index contributed by atoms with van der Waals surface area (Å²) in [4.78, 5) is 8.07. The maximum atomic E-state index is 13.0. The van der Waals surface area contributed by atoms with Gasteiger partial charge in [-0.05, 0) is 24.1 Å². The second-order valence-electron chi connectivity index (χ2n) is 3.88. The Kier molecular flexibility index (Phi) is 4.22. The number of nitrogens with one attached hydrogen (secondary N) is 1. The van der Waals surface area contributed by atoms with Gasteiger partial charge in [-0.1, -0.05) is 0 Å². The second kappa shape index (κ2) is 6.08. The molecule has 1 N–H and O–H groups in total. The topological polar surface area (TPSA) is 47.0 Å². The molecule has 0 radical (unpaired) electrons. The molecule has 2 rings (SSSR count). The number of halogens is 2. The average Bonchev–Trinajstić information content (AvgIpc) is 2.38. The molecule has 0 fully saturated rings. The van der Waals surface area contributed by atoms with E-state index >= 15 is 0 Å². The van der Waals surface area contributed by atoms with E-state index in [2.05, 4.69) is 15.3 Å². The van der Waals surface area contributed by atoms with Crippen LogP contribution < -0.4 is 10.1 Å². The number of rotatable bonds is 5. The summed E-state index contributed by atoms with van der Waals surface area (Å²) in [6, 6.07) is 5.09. The number of methoxy groups -OCH3 is 1. The van der Waals surface area contributed by atoms with Crippen LogP contribution in [0.4, 0.5) is 14.7 Å². The molecule has 2 aromatic rings. The van der Waals surface area contributed by atoms with E-state index in [-0.39, 0.29) is 0 Å². The van der Waals surface area contributed by atoms with Crippen molar-refractivity contribution in [3.63, 3.8) is 0 Å². The highest BCUT2D eigenvalue weighted by Gasteiger charge is 2.02. The van der Waals surface area contributed by atoms with Crippen LogP contribution in [0.3, 0.4) is 0 Å². The Hall–Kier alpha value is -2.24. The van der Waals surface area contributed by atoms with Crippen LogP contribution in [0.1, 0.15) is 5.56 Å². The molecule has 0 atom stereocenters. The molecule has 19 heavy (non-hydrogen) atoms. The molecule has 1 heterocycles. The zero-order valence-electron chi connectivity index (χ0n) is 10.4. The van der Waals surface area contributed by atoms with Gasteiger partial charge in [0.2, 0.25) is 11.8 Å². The molecule has 0 saturated carbocycles. The Morgan fingerprint density at radius 3 is 2.63 bits per heavy atom. The molecule has 0 aliphatic carbocycles. The number of hydrogen-bond acceptors (Lipinski definition) is 4. The predicted octanol–water partition coefficient (Wildman–Crippen LogP) is 2.42. The Bertz CT molecular complexity index is 543. The quantitative estimate of drug-likeness (QED) is 0.902. The molecule has 1 aromatic carbocycles. The van der Waals surface area contributed by atoms with Crippen LogP contribution in [0.2, 0.25) is 0 Å². The van der Waals surface area contributed by atoms with Crippen LogP contribution in [-0.2, 0) is 6.42 Å². The van der Waals surface area contributed by atoms with Gasteiger partial charge in [0.05, 0.1) is 7.11 Å². The van der Waals surface area contributed by atoms with Crippen LogP contribution >= 0.6 is 0 Å². The standard InChI is InChI=1S/C13H13F2N3O/c1-19-12-3-5-17-13(18-12)16-4-2-9-6-10(14)8-11(15)7-9/h3,5-8H,2,4H2,1H3,(H,16,17,18). The van der Waals surface area contributed by atoms with Crippen LogP contribution in [0.5, 0.6) is 5.88 Å². The number of ether oxygens (including phenoxy) is 1. The van der Waals surface area contributed by atoms with Crippen molar-refractivity contribution in [2.24, 2.45) is 0 Å². The van der Waals surface area contributed by atoms with E-state index in [4.69, 9.17) is 4.74 Å². The Morgan fingerprint density at radius 1 is 1.21 bits per heavy atom. The predicted molar refractivity (Wildman–Crippen MR) is 67.1 cm³/mol. The van der Waals surface area contributed by atoms with Gasteiger partial charge in [0.15, 0.2) is 0 Å². The molecule has 0 amide bonds.